The molecule has 9 heteroatoms. The molecule has 1 rings (SSSR count). The van der Waals surface area contributed by atoms with Crippen LogP contribution in [0.3, 0.4) is 0 Å². The molecule has 0 aromatic carbocycles. The van der Waals surface area contributed by atoms with Gasteiger partial charge >= 0.3 is 0 Å². The number of anilines is 1. The van der Waals surface area contributed by atoms with Crippen LogP contribution in [0.2, 0.25) is 5.02 Å². The van der Waals surface area contributed by atoms with E-state index in [9.17, 15) is 8.42 Å². The predicted molar refractivity (Wildman–Crippen MR) is 73.3 cm³/mol. The zero-order chi connectivity index (χ0) is 14.5. The van der Waals surface area contributed by atoms with E-state index in [0.29, 0.717) is 6.61 Å². The highest BCUT2D eigenvalue weighted by atomic mass is 35.5. The highest BCUT2D eigenvalue weighted by Gasteiger charge is 2.16. The molecule has 0 saturated carbocycles. The highest BCUT2D eigenvalue weighted by Crippen LogP contribution is 2.21. The molecule has 1 aromatic heterocycles. The van der Waals surface area contributed by atoms with Crippen LogP contribution in [-0.2, 0) is 14.8 Å². The molecule has 0 saturated heterocycles. The molecule has 0 atom stereocenters. The smallest absolute Gasteiger partial charge is 0.242 e. The highest BCUT2D eigenvalue weighted by molar-refractivity contribution is 7.89. The van der Waals surface area contributed by atoms with Crippen molar-refractivity contribution in [2.24, 2.45) is 5.84 Å². The van der Waals surface area contributed by atoms with Gasteiger partial charge in [0, 0.05) is 12.7 Å². The van der Waals surface area contributed by atoms with E-state index in [1.807, 2.05) is 13.8 Å². The van der Waals surface area contributed by atoms with Crippen molar-refractivity contribution in [2.75, 3.05) is 18.6 Å². The lowest BCUT2D eigenvalue weighted by Gasteiger charge is -2.10. The Morgan fingerprint density at radius 1 is 1.53 bits per heavy atom. The maximum absolute atomic E-state index is 11.9. The molecule has 0 aliphatic carbocycles. The Hall–Kier alpha value is -0.930. The number of sulfonamides is 1. The normalized spacial score (nSPS) is 11.8. The minimum absolute atomic E-state index is 0.0268. The molecule has 0 bridgehead atoms. The first-order chi connectivity index (χ1) is 8.86. The zero-order valence-electron chi connectivity index (χ0n) is 10.7. The summed E-state index contributed by atoms with van der Waals surface area (Å²) in [5, 5.41) is 0.129. The summed E-state index contributed by atoms with van der Waals surface area (Å²) in [6.07, 6.45) is 1.22. The van der Waals surface area contributed by atoms with Crippen molar-refractivity contribution in [1.29, 1.82) is 0 Å². The number of ether oxygens (including phenoxy) is 1. The summed E-state index contributed by atoms with van der Waals surface area (Å²) in [6, 6.07) is 1.27. The average Bonchev–Trinajstić information content (AvgIpc) is 2.34. The summed E-state index contributed by atoms with van der Waals surface area (Å²) >= 11 is 5.82. The molecular formula is C10H17ClN4O3S. The number of pyridine rings is 1. The minimum Gasteiger partial charge on any atom is -0.377 e. The Kier molecular flexibility index (Phi) is 5.95. The van der Waals surface area contributed by atoms with E-state index in [1.165, 1.54) is 12.3 Å². The molecule has 4 N–H and O–H groups in total. The van der Waals surface area contributed by atoms with E-state index >= 15 is 0 Å². The number of nitrogens with one attached hydrogen (secondary N) is 2. The second-order valence-electron chi connectivity index (χ2n) is 3.96. The molecule has 1 aromatic rings. The van der Waals surface area contributed by atoms with E-state index in [0.717, 1.165) is 0 Å². The second-order valence-corrected chi connectivity index (χ2v) is 6.14. The molecule has 1 heterocycles. The Bertz CT molecular complexity index is 522. The fourth-order valence-electron chi connectivity index (χ4n) is 1.23. The van der Waals surface area contributed by atoms with Crippen molar-refractivity contribution >= 4 is 27.4 Å². The Morgan fingerprint density at radius 3 is 2.74 bits per heavy atom. The lowest BCUT2D eigenvalue weighted by Crippen LogP contribution is -2.28. The number of nitrogens with two attached hydrogens (primary N) is 1. The zero-order valence-corrected chi connectivity index (χ0v) is 12.3. The van der Waals surface area contributed by atoms with Crippen LogP contribution in [0.4, 0.5) is 5.82 Å². The van der Waals surface area contributed by atoms with Gasteiger partial charge in [-0.1, -0.05) is 11.6 Å². The number of aromatic nitrogens is 1. The summed E-state index contributed by atoms with van der Waals surface area (Å²) in [4.78, 5) is 3.77. The number of nitrogen functional groups attached to an aromatic ring is 1. The number of hydrazine groups is 1. The van der Waals surface area contributed by atoms with Crippen LogP contribution in [0.1, 0.15) is 13.8 Å². The number of rotatable bonds is 7. The SMILES string of the molecule is CC(C)OCCNS(=O)(=O)c1cnc(NN)c(Cl)c1. The quantitative estimate of drug-likeness (QED) is 0.389. The van der Waals surface area contributed by atoms with Crippen molar-refractivity contribution < 1.29 is 13.2 Å². The summed E-state index contributed by atoms with van der Waals surface area (Å²) < 4.78 is 31.5. The summed E-state index contributed by atoms with van der Waals surface area (Å²) in [7, 11) is -3.65. The monoisotopic (exact) mass is 308 g/mol. The lowest BCUT2D eigenvalue weighted by molar-refractivity contribution is 0.0834. The van der Waals surface area contributed by atoms with Crippen molar-refractivity contribution in [3.63, 3.8) is 0 Å². The fraction of sp³-hybridized carbons (Fsp3) is 0.500. The molecule has 7 nitrogen and oxygen atoms in total. The van der Waals surface area contributed by atoms with Crippen LogP contribution in [0.25, 0.3) is 0 Å². The van der Waals surface area contributed by atoms with Crippen molar-refractivity contribution in [3.05, 3.63) is 17.3 Å². The van der Waals surface area contributed by atoms with E-state index in [4.69, 9.17) is 22.2 Å². The van der Waals surface area contributed by atoms with Gasteiger partial charge < -0.3 is 10.2 Å². The summed E-state index contributed by atoms with van der Waals surface area (Å²) in [6.45, 7) is 4.21. The second kappa shape index (κ2) is 7.01. The lowest BCUT2D eigenvalue weighted by atomic mass is 10.5. The van der Waals surface area contributed by atoms with Gasteiger partial charge in [0.2, 0.25) is 10.0 Å². The van der Waals surface area contributed by atoms with E-state index in [1.54, 1.807) is 0 Å². The third kappa shape index (κ3) is 4.92. The van der Waals surface area contributed by atoms with Crippen LogP contribution < -0.4 is 16.0 Å². The standard InChI is InChI=1S/C10H17ClN4O3S/c1-7(2)18-4-3-14-19(16,17)8-5-9(11)10(15-12)13-6-8/h5-7,14H,3-4,12H2,1-2H3,(H,13,15). The number of nitrogens with zero attached hydrogens (tertiary/aromatic N) is 1. The van der Waals surface area contributed by atoms with Gasteiger partial charge in [0.25, 0.3) is 0 Å². The largest absolute Gasteiger partial charge is 0.377 e. The van der Waals surface area contributed by atoms with Gasteiger partial charge in [0.05, 0.1) is 17.7 Å². The van der Waals surface area contributed by atoms with Crippen molar-refractivity contribution in [1.82, 2.24) is 9.71 Å². The minimum atomic E-state index is -3.65. The molecule has 0 unspecified atom stereocenters. The van der Waals surface area contributed by atoms with E-state index < -0.39 is 10.0 Å². The van der Waals surface area contributed by atoms with E-state index in [2.05, 4.69) is 15.1 Å². The van der Waals surface area contributed by atoms with Crippen LogP contribution in [0, 0.1) is 0 Å². The molecule has 0 aliphatic heterocycles. The van der Waals surface area contributed by atoms with Crippen molar-refractivity contribution in [3.8, 4) is 0 Å². The summed E-state index contributed by atoms with van der Waals surface area (Å²) in [5.41, 5.74) is 2.26. The molecule has 0 radical (unpaired) electrons. The molecule has 0 spiro atoms. The summed E-state index contributed by atoms with van der Waals surface area (Å²) in [5.74, 6) is 5.37. The van der Waals surface area contributed by atoms with Crippen LogP contribution in [0.5, 0.6) is 0 Å². The van der Waals surface area contributed by atoms with Gasteiger partial charge in [-0.2, -0.15) is 0 Å². The van der Waals surface area contributed by atoms with Gasteiger partial charge in [0.15, 0.2) is 5.82 Å². The van der Waals surface area contributed by atoms with Gasteiger partial charge in [-0.25, -0.2) is 24.0 Å². The third-order valence-corrected chi connectivity index (χ3v) is 3.82. The number of halogens is 1. The number of hydrogen-bond acceptors (Lipinski definition) is 6. The molecule has 108 valence electrons. The fourth-order valence-corrected chi connectivity index (χ4v) is 2.50. The first kappa shape index (κ1) is 16.1. The maximum atomic E-state index is 11.9. The third-order valence-electron chi connectivity index (χ3n) is 2.11. The van der Waals surface area contributed by atoms with E-state index in [-0.39, 0.29) is 28.4 Å². The van der Waals surface area contributed by atoms with Crippen LogP contribution in [-0.4, -0.2) is 32.7 Å². The molecule has 19 heavy (non-hydrogen) atoms. The predicted octanol–water partition coefficient (Wildman–Crippen LogP) is 0.724. The van der Waals surface area contributed by atoms with Gasteiger partial charge in [-0.05, 0) is 19.9 Å². The van der Waals surface area contributed by atoms with Crippen LogP contribution >= 0.6 is 11.6 Å². The first-order valence-corrected chi connectivity index (χ1v) is 7.46. The molecular weight excluding hydrogens is 292 g/mol. The molecule has 0 amide bonds. The van der Waals surface area contributed by atoms with Crippen molar-refractivity contribution in [2.45, 2.75) is 24.8 Å². The van der Waals surface area contributed by atoms with Gasteiger partial charge in [0.1, 0.15) is 4.90 Å². The van der Waals surface area contributed by atoms with Gasteiger partial charge in [-0.15, -0.1) is 0 Å². The van der Waals surface area contributed by atoms with Gasteiger partial charge in [-0.3, -0.25) is 0 Å². The number of hydrogen-bond donors (Lipinski definition) is 3. The Labute approximate surface area is 117 Å². The average molecular weight is 309 g/mol. The van der Waals surface area contributed by atoms with Crippen LogP contribution in [0.15, 0.2) is 17.2 Å². The molecule has 0 fully saturated rings. The Balaban J connectivity index is 2.69. The topological polar surface area (TPSA) is 106 Å². The maximum Gasteiger partial charge on any atom is 0.242 e. The first-order valence-electron chi connectivity index (χ1n) is 5.60. The molecule has 0 aliphatic rings. The Morgan fingerprint density at radius 2 is 2.21 bits per heavy atom.